The van der Waals surface area contributed by atoms with E-state index in [4.69, 9.17) is 20.8 Å². The number of rotatable bonds is 7. The highest BCUT2D eigenvalue weighted by Gasteiger charge is 2.34. The highest BCUT2D eigenvalue weighted by Crippen LogP contribution is 2.29. The second kappa shape index (κ2) is 8.25. The zero-order valence-corrected chi connectivity index (χ0v) is 17.1. The van der Waals surface area contributed by atoms with Crippen LogP contribution in [0.15, 0.2) is 46.9 Å². The third kappa shape index (κ3) is 4.95. The number of aromatic nitrogens is 2. The number of hydrogen-bond acceptors (Lipinski definition) is 5. The van der Waals surface area contributed by atoms with E-state index >= 15 is 0 Å². The Balaban J connectivity index is 1.41. The van der Waals surface area contributed by atoms with Crippen LogP contribution in [0.1, 0.15) is 29.9 Å². The minimum absolute atomic E-state index is 0.0163. The Morgan fingerprint density at radius 1 is 1.14 bits per heavy atom. The fourth-order valence-electron chi connectivity index (χ4n) is 3.22. The van der Waals surface area contributed by atoms with Crippen LogP contribution in [0.5, 0.6) is 5.75 Å². The lowest BCUT2D eigenvalue weighted by molar-refractivity contribution is -0.134. The van der Waals surface area contributed by atoms with Crippen molar-refractivity contribution in [1.29, 1.82) is 0 Å². The van der Waals surface area contributed by atoms with Gasteiger partial charge >= 0.3 is 0 Å². The average molecular weight is 412 g/mol. The third-order valence-corrected chi connectivity index (χ3v) is 4.98. The minimum Gasteiger partial charge on any atom is -0.484 e. The third-order valence-electron chi connectivity index (χ3n) is 4.73. The molecule has 1 fully saturated rings. The van der Waals surface area contributed by atoms with Gasteiger partial charge in [0.2, 0.25) is 11.8 Å². The summed E-state index contributed by atoms with van der Waals surface area (Å²) in [5.74, 6) is 1.43. The van der Waals surface area contributed by atoms with Crippen molar-refractivity contribution in [3.8, 4) is 17.2 Å². The van der Waals surface area contributed by atoms with Crippen LogP contribution in [0.4, 0.5) is 0 Å². The molecule has 0 N–H and O–H groups in total. The van der Waals surface area contributed by atoms with Gasteiger partial charge in [0, 0.05) is 16.6 Å². The van der Waals surface area contributed by atoms with Crippen LogP contribution in [-0.2, 0) is 11.3 Å². The summed E-state index contributed by atoms with van der Waals surface area (Å²) < 4.78 is 11.5. The van der Waals surface area contributed by atoms with Gasteiger partial charge in [-0.25, -0.2) is 0 Å². The molecule has 1 aliphatic rings. The van der Waals surface area contributed by atoms with Gasteiger partial charge in [0.1, 0.15) is 5.75 Å². The molecule has 0 spiro atoms. The molecular weight excluding hydrogens is 390 g/mol. The lowest BCUT2D eigenvalue weighted by Crippen LogP contribution is -2.36. The average Bonchev–Trinajstić information content (AvgIpc) is 3.42. The smallest absolute Gasteiger partial charge is 0.261 e. The summed E-state index contributed by atoms with van der Waals surface area (Å²) in [6.45, 7) is 4.27. The van der Waals surface area contributed by atoms with Gasteiger partial charge in [0.25, 0.3) is 5.91 Å². The standard InChI is InChI=1S/C22H22ClN3O3/c1-14-9-15(2)11-19(10-14)28-13-21(27)26(18-7-8-18)12-20-24-25-22(29-20)16-3-5-17(23)6-4-16/h3-6,9-11,18H,7-8,12-13H2,1-2H3. The Kier molecular flexibility index (Phi) is 5.53. The van der Waals surface area contributed by atoms with Gasteiger partial charge in [0.15, 0.2) is 6.61 Å². The van der Waals surface area contributed by atoms with Gasteiger partial charge < -0.3 is 14.1 Å². The summed E-state index contributed by atoms with van der Waals surface area (Å²) in [4.78, 5) is 14.5. The molecule has 29 heavy (non-hydrogen) atoms. The molecule has 1 aromatic heterocycles. The van der Waals surface area contributed by atoms with Crippen molar-refractivity contribution >= 4 is 17.5 Å². The molecule has 1 amide bonds. The fourth-order valence-corrected chi connectivity index (χ4v) is 3.35. The first-order chi connectivity index (χ1) is 14.0. The largest absolute Gasteiger partial charge is 0.484 e. The Labute approximate surface area is 174 Å². The number of benzene rings is 2. The maximum Gasteiger partial charge on any atom is 0.261 e. The number of carbonyl (C=O) groups excluding carboxylic acids is 1. The van der Waals surface area contributed by atoms with Gasteiger partial charge in [-0.15, -0.1) is 10.2 Å². The normalized spacial score (nSPS) is 13.3. The SMILES string of the molecule is Cc1cc(C)cc(OCC(=O)N(Cc2nnc(-c3ccc(Cl)cc3)o2)C2CC2)c1. The van der Waals surface area contributed by atoms with E-state index in [2.05, 4.69) is 16.3 Å². The maximum absolute atomic E-state index is 12.8. The molecule has 6 nitrogen and oxygen atoms in total. The molecule has 4 rings (SSSR count). The molecule has 150 valence electrons. The van der Waals surface area contributed by atoms with E-state index in [0.717, 1.165) is 29.5 Å². The Bertz CT molecular complexity index is 992. The molecular formula is C22H22ClN3O3. The first kappa shape index (κ1) is 19.5. The van der Waals surface area contributed by atoms with Gasteiger partial charge in [-0.05, 0) is 74.2 Å². The van der Waals surface area contributed by atoms with E-state index < -0.39 is 0 Å². The number of nitrogens with zero attached hydrogens (tertiary/aromatic N) is 3. The predicted molar refractivity (Wildman–Crippen MR) is 110 cm³/mol. The monoisotopic (exact) mass is 411 g/mol. The van der Waals surface area contributed by atoms with Crippen molar-refractivity contribution < 1.29 is 13.9 Å². The number of halogens is 1. The fraction of sp³-hybridized carbons (Fsp3) is 0.318. The van der Waals surface area contributed by atoms with Gasteiger partial charge in [-0.2, -0.15) is 0 Å². The predicted octanol–water partition coefficient (Wildman–Crippen LogP) is 4.58. The summed E-state index contributed by atoms with van der Waals surface area (Å²) in [5.41, 5.74) is 3.00. The highest BCUT2D eigenvalue weighted by atomic mass is 35.5. The molecule has 2 aromatic carbocycles. The second-order valence-corrected chi connectivity index (χ2v) is 7.81. The molecule has 0 aliphatic heterocycles. The molecule has 0 bridgehead atoms. The van der Waals surface area contributed by atoms with Crippen molar-refractivity contribution in [1.82, 2.24) is 15.1 Å². The van der Waals surface area contributed by atoms with E-state index in [-0.39, 0.29) is 25.1 Å². The molecule has 0 unspecified atom stereocenters. The summed E-state index contributed by atoms with van der Waals surface area (Å²) in [5, 5.41) is 8.84. The van der Waals surface area contributed by atoms with E-state index in [1.165, 1.54) is 0 Å². The molecule has 0 atom stereocenters. The quantitative estimate of drug-likeness (QED) is 0.569. The van der Waals surface area contributed by atoms with Crippen LogP contribution < -0.4 is 4.74 Å². The van der Waals surface area contributed by atoms with Crippen LogP contribution in [0.2, 0.25) is 5.02 Å². The number of hydrogen-bond donors (Lipinski definition) is 0. The molecule has 7 heteroatoms. The number of amides is 1. The minimum atomic E-state index is -0.0853. The zero-order valence-electron chi connectivity index (χ0n) is 16.4. The number of ether oxygens (including phenoxy) is 1. The molecule has 0 saturated heterocycles. The van der Waals surface area contributed by atoms with Crippen LogP contribution in [0.3, 0.4) is 0 Å². The van der Waals surface area contributed by atoms with Crippen molar-refractivity contribution in [2.75, 3.05) is 6.61 Å². The zero-order chi connectivity index (χ0) is 20.4. The lowest BCUT2D eigenvalue weighted by atomic mass is 10.1. The molecule has 0 radical (unpaired) electrons. The Hall–Kier alpha value is -2.86. The number of aryl methyl sites for hydroxylation is 2. The molecule has 1 heterocycles. The Morgan fingerprint density at radius 2 is 1.83 bits per heavy atom. The van der Waals surface area contributed by atoms with Gasteiger partial charge in [-0.3, -0.25) is 4.79 Å². The van der Waals surface area contributed by atoms with E-state index in [1.54, 1.807) is 17.0 Å². The van der Waals surface area contributed by atoms with E-state index in [1.807, 2.05) is 38.1 Å². The van der Waals surface area contributed by atoms with Crippen molar-refractivity contribution in [3.05, 3.63) is 64.5 Å². The number of carbonyl (C=O) groups is 1. The highest BCUT2D eigenvalue weighted by molar-refractivity contribution is 6.30. The molecule has 1 aliphatic carbocycles. The van der Waals surface area contributed by atoms with E-state index in [0.29, 0.717) is 22.6 Å². The van der Waals surface area contributed by atoms with Crippen LogP contribution in [0, 0.1) is 13.8 Å². The topological polar surface area (TPSA) is 68.5 Å². The lowest BCUT2D eigenvalue weighted by Gasteiger charge is -2.20. The van der Waals surface area contributed by atoms with Gasteiger partial charge in [-0.1, -0.05) is 17.7 Å². The first-order valence-corrected chi connectivity index (χ1v) is 9.94. The summed E-state index contributed by atoms with van der Waals surface area (Å²) in [6.07, 6.45) is 1.96. The molecule has 1 saturated carbocycles. The van der Waals surface area contributed by atoms with Crippen LogP contribution >= 0.6 is 11.6 Å². The van der Waals surface area contributed by atoms with E-state index in [9.17, 15) is 4.79 Å². The van der Waals surface area contributed by atoms with Crippen molar-refractivity contribution in [2.24, 2.45) is 0 Å². The van der Waals surface area contributed by atoms with Gasteiger partial charge in [0.05, 0.1) is 6.54 Å². The van der Waals surface area contributed by atoms with Crippen LogP contribution in [0.25, 0.3) is 11.5 Å². The second-order valence-electron chi connectivity index (χ2n) is 7.37. The molecule has 3 aromatic rings. The summed E-state index contributed by atoms with van der Waals surface area (Å²) >= 11 is 5.92. The first-order valence-electron chi connectivity index (χ1n) is 9.57. The van der Waals surface area contributed by atoms with Crippen LogP contribution in [-0.4, -0.2) is 33.7 Å². The summed E-state index contributed by atoms with van der Waals surface area (Å²) in [6, 6.07) is 13.3. The van der Waals surface area contributed by atoms with Crippen molar-refractivity contribution in [2.45, 2.75) is 39.3 Å². The maximum atomic E-state index is 12.8. The Morgan fingerprint density at radius 3 is 2.48 bits per heavy atom. The van der Waals surface area contributed by atoms with Crippen molar-refractivity contribution in [3.63, 3.8) is 0 Å². The summed E-state index contributed by atoms with van der Waals surface area (Å²) in [7, 11) is 0.